The first kappa shape index (κ1) is 15.0. The van der Waals surface area contributed by atoms with Crippen molar-refractivity contribution in [3.05, 3.63) is 5.82 Å². The van der Waals surface area contributed by atoms with Crippen LogP contribution in [0.15, 0.2) is 5.16 Å². The van der Waals surface area contributed by atoms with Gasteiger partial charge in [-0.05, 0) is 26.7 Å². The van der Waals surface area contributed by atoms with Gasteiger partial charge in [-0.1, -0.05) is 18.7 Å². The monoisotopic (exact) mass is 267 g/mol. The molecular formula is C12H21N5S. The molecule has 0 unspecified atom stereocenters. The number of hydrogen-bond acceptors (Lipinski definition) is 5. The van der Waals surface area contributed by atoms with Crippen molar-refractivity contribution < 1.29 is 0 Å². The zero-order valence-electron chi connectivity index (χ0n) is 11.3. The first-order chi connectivity index (χ1) is 8.54. The summed E-state index contributed by atoms with van der Waals surface area (Å²) in [6.07, 6.45) is 1.87. The molecule has 0 aromatic carbocycles. The summed E-state index contributed by atoms with van der Waals surface area (Å²) in [5, 5.41) is 18.1. The first-order valence-electron chi connectivity index (χ1n) is 6.20. The Morgan fingerprint density at radius 1 is 1.44 bits per heavy atom. The molecular weight excluding hydrogens is 246 g/mol. The number of nitrogens with two attached hydrogens (primary N) is 1. The van der Waals surface area contributed by atoms with Gasteiger partial charge in [-0.2, -0.15) is 5.26 Å². The minimum absolute atomic E-state index is 0.278. The Kier molecular flexibility index (Phi) is 5.63. The maximum atomic E-state index is 8.96. The third-order valence-electron chi connectivity index (χ3n) is 2.68. The number of rotatable bonds is 7. The van der Waals surface area contributed by atoms with E-state index in [-0.39, 0.29) is 5.41 Å². The molecule has 0 radical (unpaired) electrons. The molecule has 18 heavy (non-hydrogen) atoms. The highest BCUT2D eigenvalue weighted by atomic mass is 32.2. The van der Waals surface area contributed by atoms with Gasteiger partial charge in [-0.25, -0.2) is 0 Å². The molecule has 0 saturated heterocycles. The zero-order chi connectivity index (χ0) is 13.6. The lowest BCUT2D eigenvalue weighted by atomic mass is 9.93. The second kappa shape index (κ2) is 6.76. The van der Waals surface area contributed by atoms with Gasteiger partial charge in [0.05, 0.1) is 18.0 Å². The number of nitrogens with zero attached hydrogens (tertiary/aromatic N) is 4. The van der Waals surface area contributed by atoms with E-state index >= 15 is 0 Å². The Morgan fingerprint density at radius 2 is 2.17 bits per heavy atom. The molecule has 1 aromatic heterocycles. The van der Waals surface area contributed by atoms with E-state index in [1.165, 1.54) is 0 Å². The minimum atomic E-state index is -0.278. The third kappa shape index (κ3) is 4.00. The van der Waals surface area contributed by atoms with Gasteiger partial charge >= 0.3 is 0 Å². The van der Waals surface area contributed by atoms with E-state index < -0.39 is 0 Å². The van der Waals surface area contributed by atoms with Crippen LogP contribution in [0.5, 0.6) is 0 Å². The summed E-state index contributed by atoms with van der Waals surface area (Å²) in [5.41, 5.74) is 5.36. The van der Waals surface area contributed by atoms with Crippen LogP contribution in [0, 0.1) is 16.7 Å². The van der Waals surface area contributed by atoms with E-state index in [9.17, 15) is 0 Å². The summed E-state index contributed by atoms with van der Waals surface area (Å²) in [7, 11) is 0. The molecule has 0 spiro atoms. The standard InChI is InChI=1S/C12H21N5S/c1-4-6-17-10(8-13)15-16-11(17)18-7-5-12(2,3)9-14/h4-8,13H2,1-3H3. The van der Waals surface area contributed by atoms with Crippen molar-refractivity contribution in [2.45, 2.75) is 51.9 Å². The molecule has 1 aromatic rings. The molecule has 0 saturated carbocycles. The predicted molar refractivity (Wildman–Crippen MR) is 72.9 cm³/mol. The summed E-state index contributed by atoms with van der Waals surface area (Å²) in [6.45, 7) is 7.33. The minimum Gasteiger partial charge on any atom is -0.324 e. The van der Waals surface area contributed by atoms with Crippen LogP contribution < -0.4 is 5.73 Å². The van der Waals surface area contributed by atoms with Crippen molar-refractivity contribution in [1.82, 2.24) is 14.8 Å². The van der Waals surface area contributed by atoms with Gasteiger partial charge in [0.15, 0.2) is 5.16 Å². The molecule has 1 rings (SSSR count). The van der Waals surface area contributed by atoms with Gasteiger partial charge in [0, 0.05) is 12.3 Å². The van der Waals surface area contributed by atoms with E-state index in [1.807, 2.05) is 13.8 Å². The average molecular weight is 267 g/mol. The lowest BCUT2D eigenvalue weighted by Crippen LogP contribution is -2.11. The van der Waals surface area contributed by atoms with Crippen LogP contribution in [0.25, 0.3) is 0 Å². The van der Waals surface area contributed by atoms with Crippen molar-refractivity contribution in [3.63, 3.8) is 0 Å². The van der Waals surface area contributed by atoms with Gasteiger partial charge in [0.1, 0.15) is 5.82 Å². The number of nitriles is 1. The number of aromatic nitrogens is 3. The van der Waals surface area contributed by atoms with Crippen LogP contribution >= 0.6 is 11.8 Å². The van der Waals surface area contributed by atoms with Crippen LogP contribution in [-0.4, -0.2) is 20.5 Å². The molecule has 0 aliphatic carbocycles. The van der Waals surface area contributed by atoms with E-state index in [0.717, 1.165) is 36.1 Å². The number of hydrogen-bond donors (Lipinski definition) is 1. The second-order valence-corrected chi connectivity index (χ2v) is 5.91. The van der Waals surface area contributed by atoms with Gasteiger partial charge < -0.3 is 10.3 Å². The topological polar surface area (TPSA) is 80.5 Å². The van der Waals surface area contributed by atoms with E-state index in [2.05, 4.69) is 27.8 Å². The van der Waals surface area contributed by atoms with Gasteiger partial charge in [0.2, 0.25) is 0 Å². The largest absolute Gasteiger partial charge is 0.324 e. The van der Waals surface area contributed by atoms with E-state index in [0.29, 0.717) is 6.54 Å². The highest BCUT2D eigenvalue weighted by Gasteiger charge is 2.17. The lowest BCUT2D eigenvalue weighted by molar-refractivity contribution is 0.481. The molecule has 5 nitrogen and oxygen atoms in total. The maximum Gasteiger partial charge on any atom is 0.191 e. The van der Waals surface area contributed by atoms with Crippen molar-refractivity contribution in [3.8, 4) is 6.07 Å². The van der Waals surface area contributed by atoms with Gasteiger partial charge in [-0.15, -0.1) is 10.2 Å². The highest BCUT2D eigenvalue weighted by Crippen LogP contribution is 2.25. The quantitative estimate of drug-likeness (QED) is 0.766. The third-order valence-corrected chi connectivity index (χ3v) is 3.65. The van der Waals surface area contributed by atoms with Crippen molar-refractivity contribution in [2.24, 2.45) is 11.1 Å². The normalized spacial score (nSPS) is 11.5. The maximum absolute atomic E-state index is 8.96. The Hall–Kier alpha value is -1.06. The summed E-state index contributed by atoms with van der Waals surface area (Å²) in [5.74, 6) is 1.70. The fourth-order valence-corrected chi connectivity index (χ4v) is 2.72. The molecule has 0 bridgehead atoms. The molecule has 0 amide bonds. The van der Waals surface area contributed by atoms with Crippen LogP contribution in [0.3, 0.4) is 0 Å². The lowest BCUT2D eigenvalue weighted by Gasteiger charge is -2.14. The van der Waals surface area contributed by atoms with Crippen LogP contribution in [0.4, 0.5) is 0 Å². The van der Waals surface area contributed by atoms with Crippen molar-refractivity contribution in [2.75, 3.05) is 5.75 Å². The molecule has 6 heteroatoms. The van der Waals surface area contributed by atoms with Crippen LogP contribution in [0.2, 0.25) is 0 Å². The Labute approximate surface area is 113 Å². The summed E-state index contributed by atoms with van der Waals surface area (Å²) in [4.78, 5) is 0. The SMILES string of the molecule is CCCn1c(CN)nnc1SCCC(C)(C)C#N. The van der Waals surface area contributed by atoms with Crippen LogP contribution in [0.1, 0.15) is 39.4 Å². The summed E-state index contributed by atoms with van der Waals surface area (Å²) in [6, 6.07) is 2.31. The Bertz CT molecular complexity index is 419. The molecule has 100 valence electrons. The van der Waals surface area contributed by atoms with Crippen molar-refractivity contribution in [1.29, 1.82) is 5.26 Å². The van der Waals surface area contributed by atoms with Crippen molar-refractivity contribution >= 4 is 11.8 Å². The van der Waals surface area contributed by atoms with Crippen LogP contribution in [-0.2, 0) is 13.1 Å². The molecule has 0 fully saturated rings. The van der Waals surface area contributed by atoms with Gasteiger partial charge in [0.25, 0.3) is 0 Å². The highest BCUT2D eigenvalue weighted by molar-refractivity contribution is 7.99. The molecule has 1 heterocycles. The molecule has 0 aliphatic rings. The molecule has 0 atom stereocenters. The summed E-state index contributed by atoms with van der Waals surface area (Å²) >= 11 is 1.65. The van der Waals surface area contributed by atoms with E-state index in [1.54, 1.807) is 11.8 Å². The van der Waals surface area contributed by atoms with E-state index in [4.69, 9.17) is 11.0 Å². The second-order valence-electron chi connectivity index (χ2n) is 4.85. The summed E-state index contributed by atoms with van der Waals surface area (Å²) < 4.78 is 2.07. The Balaban J connectivity index is 2.62. The van der Waals surface area contributed by atoms with Gasteiger partial charge in [-0.3, -0.25) is 0 Å². The smallest absolute Gasteiger partial charge is 0.191 e. The molecule has 0 aliphatic heterocycles. The zero-order valence-corrected chi connectivity index (χ0v) is 12.1. The fourth-order valence-electron chi connectivity index (χ4n) is 1.48. The average Bonchev–Trinajstić information content (AvgIpc) is 2.72. The molecule has 2 N–H and O–H groups in total. The fraction of sp³-hybridized carbons (Fsp3) is 0.750. The predicted octanol–water partition coefficient (Wildman–Crippen LogP) is 2.18. The number of thioether (sulfide) groups is 1. The Morgan fingerprint density at radius 3 is 2.72 bits per heavy atom. The first-order valence-corrected chi connectivity index (χ1v) is 7.19.